The van der Waals surface area contributed by atoms with Gasteiger partial charge in [0.2, 0.25) is 0 Å². The Balaban J connectivity index is 2.53. The lowest BCUT2D eigenvalue weighted by Crippen LogP contribution is -2.44. The van der Waals surface area contributed by atoms with Crippen LogP contribution in [-0.2, 0) is 11.3 Å². The number of aliphatic hydroxyl groups excluding tert-OH is 1. The molecule has 0 bridgehead atoms. The number of rotatable bonds is 6. The molecule has 0 amide bonds. The highest BCUT2D eigenvalue weighted by Gasteiger charge is 2.30. The van der Waals surface area contributed by atoms with Crippen LogP contribution in [0.5, 0.6) is 0 Å². The van der Waals surface area contributed by atoms with Crippen LogP contribution in [0.1, 0.15) is 25.8 Å². The van der Waals surface area contributed by atoms with Crippen molar-refractivity contribution in [2.24, 2.45) is 0 Å². The molecule has 0 aromatic heterocycles. The SMILES string of the molecule is CC[C@@H](OCc1ccccc1)[C@@](C)(O)CO. The highest BCUT2D eigenvalue weighted by Crippen LogP contribution is 2.17. The average Bonchev–Trinajstić information content (AvgIpc) is 2.31. The zero-order chi connectivity index (χ0) is 12.0. The lowest BCUT2D eigenvalue weighted by atomic mass is 9.98. The van der Waals surface area contributed by atoms with Crippen LogP contribution in [0.2, 0.25) is 0 Å². The van der Waals surface area contributed by atoms with Crippen LogP contribution >= 0.6 is 0 Å². The topological polar surface area (TPSA) is 49.7 Å². The van der Waals surface area contributed by atoms with E-state index in [9.17, 15) is 5.11 Å². The van der Waals surface area contributed by atoms with Gasteiger partial charge < -0.3 is 14.9 Å². The maximum absolute atomic E-state index is 9.89. The molecule has 90 valence electrons. The first-order valence-corrected chi connectivity index (χ1v) is 5.59. The first-order valence-electron chi connectivity index (χ1n) is 5.59. The van der Waals surface area contributed by atoms with Crippen molar-refractivity contribution in [1.29, 1.82) is 0 Å². The van der Waals surface area contributed by atoms with E-state index in [2.05, 4.69) is 0 Å². The van der Waals surface area contributed by atoms with Crippen molar-refractivity contribution >= 4 is 0 Å². The molecule has 0 spiro atoms. The summed E-state index contributed by atoms with van der Waals surface area (Å²) in [6.45, 7) is 3.68. The quantitative estimate of drug-likeness (QED) is 0.773. The van der Waals surface area contributed by atoms with Gasteiger partial charge in [-0.1, -0.05) is 37.3 Å². The highest BCUT2D eigenvalue weighted by molar-refractivity contribution is 5.13. The van der Waals surface area contributed by atoms with Crippen LogP contribution in [0.4, 0.5) is 0 Å². The smallest absolute Gasteiger partial charge is 0.111 e. The molecule has 1 aromatic carbocycles. The van der Waals surface area contributed by atoms with Gasteiger partial charge in [-0.05, 0) is 18.9 Å². The summed E-state index contributed by atoms with van der Waals surface area (Å²) in [6.07, 6.45) is 0.318. The molecule has 0 unspecified atom stereocenters. The molecule has 1 aromatic rings. The van der Waals surface area contributed by atoms with Gasteiger partial charge in [0.25, 0.3) is 0 Å². The van der Waals surface area contributed by atoms with Crippen molar-refractivity contribution in [3.63, 3.8) is 0 Å². The molecule has 3 nitrogen and oxygen atoms in total. The van der Waals surface area contributed by atoms with Gasteiger partial charge in [-0.15, -0.1) is 0 Å². The Hall–Kier alpha value is -0.900. The van der Waals surface area contributed by atoms with E-state index in [1.165, 1.54) is 0 Å². The van der Waals surface area contributed by atoms with Crippen molar-refractivity contribution in [3.8, 4) is 0 Å². The molecule has 0 aliphatic carbocycles. The van der Waals surface area contributed by atoms with Gasteiger partial charge in [0.15, 0.2) is 0 Å². The fraction of sp³-hybridized carbons (Fsp3) is 0.538. The summed E-state index contributed by atoms with van der Waals surface area (Å²) in [5.74, 6) is 0. The Morgan fingerprint density at radius 2 is 1.94 bits per heavy atom. The van der Waals surface area contributed by atoms with E-state index >= 15 is 0 Å². The zero-order valence-corrected chi connectivity index (χ0v) is 9.89. The molecule has 0 saturated carbocycles. The van der Waals surface area contributed by atoms with Crippen LogP contribution in [0.3, 0.4) is 0 Å². The van der Waals surface area contributed by atoms with Gasteiger partial charge in [-0.3, -0.25) is 0 Å². The Morgan fingerprint density at radius 3 is 2.44 bits per heavy atom. The number of benzene rings is 1. The fourth-order valence-corrected chi connectivity index (χ4v) is 1.61. The van der Waals surface area contributed by atoms with Crippen molar-refractivity contribution in [1.82, 2.24) is 0 Å². The molecule has 1 rings (SSSR count). The molecule has 3 heteroatoms. The largest absolute Gasteiger partial charge is 0.393 e. The first-order chi connectivity index (χ1) is 7.60. The summed E-state index contributed by atoms with van der Waals surface area (Å²) >= 11 is 0. The van der Waals surface area contributed by atoms with Crippen LogP contribution in [0.15, 0.2) is 30.3 Å². The second-order valence-corrected chi connectivity index (χ2v) is 4.21. The lowest BCUT2D eigenvalue weighted by Gasteiger charge is -2.30. The summed E-state index contributed by atoms with van der Waals surface area (Å²) in [6, 6.07) is 9.79. The highest BCUT2D eigenvalue weighted by atomic mass is 16.5. The van der Waals surface area contributed by atoms with Crippen molar-refractivity contribution < 1.29 is 14.9 Å². The van der Waals surface area contributed by atoms with Crippen LogP contribution in [0, 0.1) is 0 Å². The summed E-state index contributed by atoms with van der Waals surface area (Å²) in [5.41, 5.74) is -0.113. The van der Waals surface area contributed by atoms with E-state index in [1.807, 2.05) is 37.3 Å². The maximum atomic E-state index is 9.89. The summed E-state index contributed by atoms with van der Waals surface area (Å²) in [7, 11) is 0. The Kier molecular flexibility index (Phi) is 4.93. The van der Waals surface area contributed by atoms with Crippen LogP contribution < -0.4 is 0 Å². The fourth-order valence-electron chi connectivity index (χ4n) is 1.61. The average molecular weight is 224 g/mol. The van der Waals surface area contributed by atoms with Crippen molar-refractivity contribution in [2.45, 2.75) is 38.6 Å². The third kappa shape index (κ3) is 3.59. The molecule has 0 radical (unpaired) electrons. The van der Waals surface area contributed by atoms with Gasteiger partial charge in [-0.25, -0.2) is 0 Å². The Labute approximate surface area is 96.7 Å². The van der Waals surface area contributed by atoms with Crippen molar-refractivity contribution in [3.05, 3.63) is 35.9 Å². The molecule has 0 fully saturated rings. The van der Waals surface area contributed by atoms with Gasteiger partial charge in [0.1, 0.15) is 5.60 Å². The summed E-state index contributed by atoms with van der Waals surface area (Å²) < 4.78 is 5.62. The molecular weight excluding hydrogens is 204 g/mol. The second kappa shape index (κ2) is 5.99. The van der Waals surface area contributed by atoms with Gasteiger partial charge >= 0.3 is 0 Å². The number of aliphatic hydroxyl groups is 2. The zero-order valence-electron chi connectivity index (χ0n) is 9.89. The standard InChI is InChI=1S/C13H20O3/c1-3-12(13(2,15)10-14)16-9-11-7-5-4-6-8-11/h4-8,12,14-15H,3,9-10H2,1-2H3/t12-,13+/m1/s1. The maximum Gasteiger partial charge on any atom is 0.111 e. The van der Waals surface area contributed by atoms with Gasteiger partial charge in [0, 0.05) is 0 Å². The lowest BCUT2D eigenvalue weighted by molar-refractivity contribution is -0.127. The summed E-state index contributed by atoms with van der Waals surface area (Å²) in [5, 5.41) is 18.9. The number of hydrogen-bond donors (Lipinski definition) is 2. The van der Waals surface area contributed by atoms with Crippen LogP contribution in [-0.4, -0.2) is 28.5 Å². The predicted octanol–water partition coefficient (Wildman–Crippen LogP) is 1.73. The Morgan fingerprint density at radius 1 is 1.31 bits per heavy atom. The van der Waals surface area contributed by atoms with Crippen LogP contribution in [0.25, 0.3) is 0 Å². The third-order valence-corrected chi connectivity index (χ3v) is 2.68. The molecule has 2 atom stereocenters. The molecule has 0 heterocycles. The molecule has 16 heavy (non-hydrogen) atoms. The number of ether oxygens (including phenoxy) is 1. The monoisotopic (exact) mass is 224 g/mol. The molecular formula is C13H20O3. The van der Waals surface area contributed by atoms with E-state index < -0.39 is 5.60 Å². The molecule has 0 saturated heterocycles. The predicted molar refractivity (Wildman–Crippen MR) is 63.0 cm³/mol. The Bertz CT molecular complexity index is 295. The molecule has 2 N–H and O–H groups in total. The van der Waals surface area contributed by atoms with E-state index in [0.717, 1.165) is 5.56 Å². The summed E-state index contributed by atoms with van der Waals surface area (Å²) in [4.78, 5) is 0. The molecule has 0 aliphatic rings. The van der Waals surface area contributed by atoms with E-state index in [-0.39, 0.29) is 12.7 Å². The minimum absolute atomic E-state index is 0.291. The number of hydrogen-bond acceptors (Lipinski definition) is 3. The molecule has 0 aliphatic heterocycles. The van der Waals surface area contributed by atoms with Crippen molar-refractivity contribution in [2.75, 3.05) is 6.61 Å². The van der Waals surface area contributed by atoms with Gasteiger partial charge in [-0.2, -0.15) is 0 Å². The van der Waals surface area contributed by atoms with E-state index in [1.54, 1.807) is 6.92 Å². The minimum atomic E-state index is -1.18. The van der Waals surface area contributed by atoms with E-state index in [0.29, 0.717) is 13.0 Å². The normalized spacial score (nSPS) is 16.8. The second-order valence-electron chi connectivity index (χ2n) is 4.21. The van der Waals surface area contributed by atoms with Gasteiger partial charge in [0.05, 0.1) is 19.3 Å². The third-order valence-electron chi connectivity index (χ3n) is 2.68. The first kappa shape index (κ1) is 13.2. The minimum Gasteiger partial charge on any atom is -0.393 e. The van der Waals surface area contributed by atoms with E-state index in [4.69, 9.17) is 9.84 Å².